The molecule has 0 aromatic carbocycles. The van der Waals surface area contributed by atoms with Crippen molar-refractivity contribution in [2.45, 2.75) is 46.1 Å². The highest BCUT2D eigenvalue weighted by molar-refractivity contribution is 5.76. The smallest absolute Gasteiger partial charge is 0.221 e. The van der Waals surface area contributed by atoms with Gasteiger partial charge in [-0.25, -0.2) is 0 Å². The van der Waals surface area contributed by atoms with Gasteiger partial charge in [0.1, 0.15) is 6.04 Å². The first-order valence-corrected chi connectivity index (χ1v) is 4.80. The standard InChI is InChI=1S/C10H18N2O/c1-4-5-6-10(13)12-9(7-11)8(2)3/h8-9H,4-6H2,1-3H3,(H,12,13)/t9-/m0/s1. The van der Waals surface area contributed by atoms with Crippen LogP contribution in [0, 0.1) is 17.2 Å². The number of amides is 1. The van der Waals surface area contributed by atoms with Crippen LogP contribution in [0.1, 0.15) is 40.0 Å². The van der Waals surface area contributed by atoms with Gasteiger partial charge >= 0.3 is 0 Å². The minimum atomic E-state index is -0.343. The zero-order chi connectivity index (χ0) is 10.3. The van der Waals surface area contributed by atoms with Gasteiger partial charge in [0.15, 0.2) is 0 Å². The zero-order valence-corrected chi connectivity index (χ0v) is 8.63. The molecule has 0 spiro atoms. The normalized spacial score (nSPS) is 12.2. The summed E-state index contributed by atoms with van der Waals surface area (Å²) >= 11 is 0. The van der Waals surface area contributed by atoms with Crippen LogP contribution in [0.3, 0.4) is 0 Å². The summed E-state index contributed by atoms with van der Waals surface area (Å²) in [6, 6.07) is 1.73. The first kappa shape index (κ1) is 12.0. The van der Waals surface area contributed by atoms with Crippen molar-refractivity contribution in [3.63, 3.8) is 0 Å². The highest BCUT2D eigenvalue weighted by Gasteiger charge is 2.14. The van der Waals surface area contributed by atoms with E-state index in [-0.39, 0.29) is 17.9 Å². The zero-order valence-electron chi connectivity index (χ0n) is 8.63. The highest BCUT2D eigenvalue weighted by atomic mass is 16.1. The van der Waals surface area contributed by atoms with Gasteiger partial charge in [-0.3, -0.25) is 4.79 Å². The maximum absolute atomic E-state index is 11.2. The van der Waals surface area contributed by atoms with Crippen LogP contribution in [0.25, 0.3) is 0 Å². The van der Waals surface area contributed by atoms with E-state index < -0.39 is 0 Å². The summed E-state index contributed by atoms with van der Waals surface area (Å²) in [7, 11) is 0. The fraction of sp³-hybridized carbons (Fsp3) is 0.800. The summed E-state index contributed by atoms with van der Waals surface area (Å²) in [5.41, 5.74) is 0. The molecule has 0 aromatic rings. The van der Waals surface area contributed by atoms with Crippen LogP contribution >= 0.6 is 0 Å². The molecule has 0 saturated carbocycles. The van der Waals surface area contributed by atoms with Gasteiger partial charge in [-0.2, -0.15) is 5.26 Å². The fourth-order valence-corrected chi connectivity index (χ4v) is 0.931. The number of hydrogen-bond acceptors (Lipinski definition) is 2. The number of carbonyl (C=O) groups excluding carboxylic acids is 1. The van der Waals surface area contributed by atoms with Crippen molar-refractivity contribution in [1.82, 2.24) is 5.32 Å². The Hall–Kier alpha value is -1.04. The molecule has 0 aromatic heterocycles. The molecule has 1 amide bonds. The quantitative estimate of drug-likeness (QED) is 0.705. The average molecular weight is 182 g/mol. The van der Waals surface area contributed by atoms with Crippen molar-refractivity contribution >= 4 is 5.91 Å². The van der Waals surface area contributed by atoms with Crippen LogP contribution in [0.15, 0.2) is 0 Å². The van der Waals surface area contributed by atoms with Gasteiger partial charge < -0.3 is 5.32 Å². The second-order valence-electron chi connectivity index (χ2n) is 3.52. The number of nitriles is 1. The Balaban J connectivity index is 3.82. The molecule has 0 saturated heterocycles. The number of nitrogens with zero attached hydrogens (tertiary/aromatic N) is 1. The van der Waals surface area contributed by atoms with Gasteiger partial charge in [0.05, 0.1) is 6.07 Å². The Morgan fingerprint density at radius 1 is 1.54 bits per heavy atom. The molecule has 0 heterocycles. The minimum absolute atomic E-state index is 0.0119. The number of carbonyl (C=O) groups is 1. The number of rotatable bonds is 5. The molecule has 3 nitrogen and oxygen atoms in total. The van der Waals surface area contributed by atoms with Crippen LogP contribution in [0.4, 0.5) is 0 Å². The third kappa shape index (κ3) is 5.24. The van der Waals surface area contributed by atoms with E-state index in [0.29, 0.717) is 6.42 Å². The number of unbranched alkanes of at least 4 members (excludes halogenated alkanes) is 1. The molecule has 1 atom stereocenters. The molecule has 0 radical (unpaired) electrons. The van der Waals surface area contributed by atoms with Gasteiger partial charge in [-0.05, 0) is 12.3 Å². The molecule has 0 bridgehead atoms. The highest BCUT2D eigenvalue weighted by Crippen LogP contribution is 2.01. The van der Waals surface area contributed by atoms with E-state index in [1.54, 1.807) is 0 Å². The van der Waals surface area contributed by atoms with E-state index >= 15 is 0 Å². The Morgan fingerprint density at radius 2 is 2.15 bits per heavy atom. The van der Waals surface area contributed by atoms with Crippen LogP contribution in [-0.2, 0) is 4.79 Å². The van der Waals surface area contributed by atoms with Crippen LogP contribution in [0.5, 0.6) is 0 Å². The Kier molecular flexibility index (Phi) is 5.96. The Labute approximate surface area is 80.1 Å². The molecule has 0 fully saturated rings. The van der Waals surface area contributed by atoms with Crippen molar-refractivity contribution in [3.8, 4) is 6.07 Å². The largest absolute Gasteiger partial charge is 0.340 e. The molecule has 1 N–H and O–H groups in total. The summed E-state index contributed by atoms with van der Waals surface area (Å²) in [4.78, 5) is 11.2. The predicted octanol–water partition coefficient (Wildman–Crippen LogP) is 1.84. The number of hydrogen-bond donors (Lipinski definition) is 1. The lowest BCUT2D eigenvalue weighted by molar-refractivity contribution is -0.121. The molecule has 0 aliphatic rings. The van der Waals surface area contributed by atoms with Crippen molar-refractivity contribution in [2.75, 3.05) is 0 Å². The van der Waals surface area contributed by atoms with E-state index in [4.69, 9.17) is 5.26 Å². The summed E-state index contributed by atoms with van der Waals surface area (Å²) in [5, 5.41) is 11.4. The number of nitrogens with one attached hydrogen (secondary N) is 1. The van der Waals surface area contributed by atoms with Gasteiger partial charge in [0.2, 0.25) is 5.91 Å². The maximum atomic E-state index is 11.2. The van der Waals surface area contributed by atoms with Crippen molar-refractivity contribution in [2.24, 2.45) is 5.92 Å². The van der Waals surface area contributed by atoms with Crippen LogP contribution in [-0.4, -0.2) is 11.9 Å². The lowest BCUT2D eigenvalue weighted by atomic mass is 10.1. The first-order chi connectivity index (χ1) is 6.11. The Morgan fingerprint density at radius 3 is 2.54 bits per heavy atom. The molecular weight excluding hydrogens is 164 g/mol. The van der Waals surface area contributed by atoms with E-state index in [0.717, 1.165) is 12.8 Å². The lowest BCUT2D eigenvalue weighted by Gasteiger charge is -2.14. The summed E-state index contributed by atoms with van der Waals surface area (Å²) in [5.74, 6) is 0.165. The monoisotopic (exact) mass is 182 g/mol. The van der Waals surface area contributed by atoms with Crippen molar-refractivity contribution < 1.29 is 4.79 Å². The lowest BCUT2D eigenvalue weighted by Crippen LogP contribution is -2.37. The van der Waals surface area contributed by atoms with E-state index in [1.165, 1.54) is 0 Å². The first-order valence-electron chi connectivity index (χ1n) is 4.80. The molecule has 0 aliphatic carbocycles. The van der Waals surface area contributed by atoms with Gasteiger partial charge in [0, 0.05) is 6.42 Å². The summed E-state index contributed by atoms with van der Waals surface area (Å²) < 4.78 is 0. The molecular formula is C10H18N2O. The molecule has 0 rings (SSSR count). The van der Waals surface area contributed by atoms with E-state index in [2.05, 4.69) is 11.4 Å². The van der Waals surface area contributed by atoms with Crippen LogP contribution < -0.4 is 5.32 Å². The SMILES string of the molecule is CCCCC(=O)N[C@@H](C#N)C(C)C. The third-order valence-electron chi connectivity index (χ3n) is 1.88. The minimum Gasteiger partial charge on any atom is -0.340 e. The molecule has 3 heteroatoms. The van der Waals surface area contributed by atoms with E-state index in [9.17, 15) is 4.79 Å². The average Bonchev–Trinajstić information content (AvgIpc) is 2.10. The summed E-state index contributed by atoms with van der Waals surface area (Å²) in [6.45, 7) is 5.89. The topological polar surface area (TPSA) is 52.9 Å². The van der Waals surface area contributed by atoms with Gasteiger partial charge in [-0.15, -0.1) is 0 Å². The summed E-state index contributed by atoms with van der Waals surface area (Å²) in [6.07, 6.45) is 2.43. The molecule has 0 aliphatic heterocycles. The van der Waals surface area contributed by atoms with Crippen molar-refractivity contribution in [1.29, 1.82) is 5.26 Å². The van der Waals surface area contributed by atoms with Crippen molar-refractivity contribution in [3.05, 3.63) is 0 Å². The molecule has 13 heavy (non-hydrogen) atoms. The fourth-order valence-electron chi connectivity index (χ4n) is 0.931. The maximum Gasteiger partial charge on any atom is 0.221 e. The Bertz CT molecular complexity index is 194. The van der Waals surface area contributed by atoms with Crippen LogP contribution in [0.2, 0.25) is 0 Å². The molecule has 0 unspecified atom stereocenters. The second kappa shape index (κ2) is 6.47. The van der Waals surface area contributed by atoms with Gasteiger partial charge in [0.25, 0.3) is 0 Å². The third-order valence-corrected chi connectivity index (χ3v) is 1.88. The van der Waals surface area contributed by atoms with Gasteiger partial charge in [-0.1, -0.05) is 27.2 Å². The van der Waals surface area contributed by atoms with E-state index in [1.807, 2.05) is 20.8 Å². The second-order valence-corrected chi connectivity index (χ2v) is 3.52. The molecule has 74 valence electrons. The predicted molar refractivity (Wildman–Crippen MR) is 51.9 cm³/mol.